The maximum Gasteiger partial charge on any atom is 0.164 e. The molecule has 0 amide bonds. The number of fused-ring (bicyclic) bond motifs is 2. The van der Waals surface area contributed by atoms with Gasteiger partial charge in [0.1, 0.15) is 11.5 Å². The molecular weight excluding hydrogens is 725 g/mol. The van der Waals surface area contributed by atoms with E-state index >= 15 is 0 Å². The Kier molecular flexibility index (Phi) is 11.1. The Morgan fingerprint density at radius 3 is 1.53 bits per heavy atom. The number of hydrogen-bond donors (Lipinski definition) is 0. The molecule has 0 aliphatic rings. The molecule has 0 atom stereocenters. The van der Waals surface area contributed by atoms with Crippen molar-refractivity contribution in [2.45, 2.75) is 13.8 Å². The molecule has 8 rings (SSSR count). The van der Waals surface area contributed by atoms with E-state index in [-0.39, 0.29) is 0 Å². The summed E-state index contributed by atoms with van der Waals surface area (Å²) in [5, 5.41) is 19.7. The van der Waals surface area contributed by atoms with Gasteiger partial charge in [0.15, 0.2) is 6.20 Å². The van der Waals surface area contributed by atoms with E-state index < -0.39 is 0 Å². The van der Waals surface area contributed by atoms with Crippen LogP contribution < -0.4 is 9.47 Å². The average Bonchev–Trinajstić information content (AvgIpc) is 3.88. The van der Waals surface area contributed by atoms with E-state index in [0.29, 0.717) is 11.4 Å². The molecule has 12 heteroatoms. The van der Waals surface area contributed by atoms with E-state index in [4.69, 9.17) is 16.0 Å². The Morgan fingerprint density at radius 2 is 1.10 bits per heavy atom. The van der Waals surface area contributed by atoms with Gasteiger partial charge in [-0.3, -0.25) is 29.3 Å². The van der Waals surface area contributed by atoms with Crippen LogP contribution in [0.1, 0.15) is 33.6 Å². The van der Waals surface area contributed by atoms with Crippen LogP contribution in [0.4, 0.5) is 0 Å². The Hall–Kier alpha value is -7.96. The molecule has 0 saturated carbocycles. The van der Waals surface area contributed by atoms with Gasteiger partial charge in [0.05, 0.1) is 74.1 Å². The minimum Gasteiger partial charge on any atom is -0.497 e. The van der Waals surface area contributed by atoms with Crippen molar-refractivity contribution in [3.05, 3.63) is 168 Å². The highest BCUT2D eigenvalue weighted by atomic mass is 16.5. The molecular formula is C46H38N10O2. The maximum absolute atomic E-state index is 9.36. The molecule has 0 fully saturated rings. The van der Waals surface area contributed by atoms with Gasteiger partial charge in [0.2, 0.25) is 0 Å². The summed E-state index contributed by atoms with van der Waals surface area (Å²) in [5.41, 5.74) is 12.3. The minimum atomic E-state index is 0.705. The third-order valence-electron chi connectivity index (χ3n) is 9.36. The van der Waals surface area contributed by atoms with Gasteiger partial charge in [-0.05, 0) is 84.6 Å². The first-order valence-electron chi connectivity index (χ1n) is 18.1. The highest BCUT2D eigenvalue weighted by molar-refractivity contribution is 5.90. The molecule has 0 unspecified atom stereocenters. The number of ether oxygens (including phenoxy) is 2. The zero-order valence-corrected chi connectivity index (χ0v) is 32.8. The van der Waals surface area contributed by atoms with Gasteiger partial charge in [0, 0.05) is 89.1 Å². The van der Waals surface area contributed by atoms with E-state index in [1.165, 1.54) is 12.3 Å². The molecule has 6 aromatic heterocycles. The van der Waals surface area contributed by atoms with Gasteiger partial charge in [-0.1, -0.05) is 12.1 Å². The number of methoxy groups -OCH3 is 2. The molecule has 0 aliphatic carbocycles. The van der Waals surface area contributed by atoms with Gasteiger partial charge in [0.25, 0.3) is 0 Å². The van der Waals surface area contributed by atoms with Crippen molar-refractivity contribution < 1.29 is 9.47 Å². The molecule has 0 N–H and O–H groups in total. The summed E-state index contributed by atoms with van der Waals surface area (Å²) in [4.78, 5) is 21.7. The van der Waals surface area contributed by atoms with Gasteiger partial charge in [-0.15, -0.1) is 0 Å². The van der Waals surface area contributed by atoms with Crippen LogP contribution in [-0.4, -0.2) is 53.7 Å². The number of hydrogen-bond acceptors (Lipinski definition) is 9. The lowest BCUT2D eigenvalue weighted by atomic mass is 9.98. The molecule has 0 radical (unpaired) electrons. The third-order valence-corrected chi connectivity index (χ3v) is 9.36. The second-order valence-electron chi connectivity index (χ2n) is 13.6. The van der Waals surface area contributed by atoms with Crippen LogP contribution in [0, 0.1) is 31.8 Å². The largest absolute Gasteiger partial charge is 0.497 e. The smallest absolute Gasteiger partial charge is 0.164 e. The van der Waals surface area contributed by atoms with Gasteiger partial charge in [-0.2, -0.15) is 15.5 Å². The molecule has 12 nitrogen and oxygen atoms in total. The first-order valence-corrected chi connectivity index (χ1v) is 18.1. The number of allylic oxidation sites excluding steroid dienone is 1. The summed E-state index contributed by atoms with van der Waals surface area (Å²) in [6.07, 6.45) is 17.7. The van der Waals surface area contributed by atoms with E-state index in [0.717, 1.165) is 89.0 Å². The molecule has 6 heterocycles. The van der Waals surface area contributed by atoms with E-state index in [2.05, 4.69) is 53.2 Å². The lowest BCUT2D eigenvalue weighted by Crippen LogP contribution is -1.95. The predicted octanol–water partition coefficient (Wildman–Crippen LogP) is 8.96. The fraction of sp³-hybridized carbons (Fsp3) is 0.130. The Morgan fingerprint density at radius 1 is 0.621 bits per heavy atom. The number of aromatic nitrogens is 8. The summed E-state index contributed by atoms with van der Waals surface area (Å²) < 4.78 is 14.3. The Labute approximate surface area is 335 Å². The van der Waals surface area contributed by atoms with Crippen molar-refractivity contribution in [1.82, 2.24) is 39.5 Å². The maximum atomic E-state index is 9.36. The highest BCUT2D eigenvalue weighted by Crippen LogP contribution is 2.31. The van der Waals surface area contributed by atoms with Crippen LogP contribution in [-0.2, 0) is 14.1 Å². The molecule has 8 aromatic rings. The topological polar surface area (TPSA) is 134 Å². The van der Waals surface area contributed by atoms with Gasteiger partial charge < -0.3 is 9.47 Å². The van der Waals surface area contributed by atoms with Crippen LogP contribution in [0.25, 0.3) is 60.1 Å². The monoisotopic (exact) mass is 762 g/mol. The number of nitrogens with zero attached hydrogens (tertiary/aromatic N) is 10. The fourth-order valence-corrected chi connectivity index (χ4v) is 6.58. The molecule has 284 valence electrons. The van der Waals surface area contributed by atoms with Crippen molar-refractivity contribution in [3.63, 3.8) is 0 Å². The van der Waals surface area contributed by atoms with Crippen molar-refractivity contribution in [3.8, 4) is 39.8 Å². The average molecular weight is 763 g/mol. The predicted molar refractivity (Wildman–Crippen MR) is 225 cm³/mol. The van der Waals surface area contributed by atoms with Crippen molar-refractivity contribution in [1.29, 1.82) is 5.26 Å². The van der Waals surface area contributed by atoms with Crippen LogP contribution in [0.3, 0.4) is 0 Å². The quantitative estimate of drug-likeness (QED) is 0.110. The van der Waals surface area contributed by atoms with Crippen molar-refractivity contribution in [2.75, 3.05) is 14.2 Å². The van der Waals surface area contributed by atoms with Crippen molar-refractivity contribution >= 4 is 33.0 Å². The molecule has 0 saturated heterocycles. The van der Waals surface area contributed by atoms with Crippen LogP contribution in [0.15, 0.2) is 123 Å². The van der Waals surface area contributed by atoms with Gasteiger partial charge >= 0.3 is 0 Å². The van der Waals surface area contributed by atoms with Crippen molar-refractivity contribution in [2.24, 2.45) is 14.1 Å². The standard InChI is InChI=1S/2C23H19N5O/c1-15-5-16(8-20(6-15)29-4)21(12-24-2)22-9-17-7-18(10-25-23(17)13-26-22)19-11-27-28(3)14-19;1-15-6-16(9-20(7-15)29-3)21(4-5-24)22-10-17-8-18(11-25-23(17)13-26-22)19-12-27-28(2)14-19/h5-14H,1,3-4H3;4,6-14H,1-3H3/b21-12+;21-4-. The normalized spacial score (nSPS) is 11.4. The second-order valence-corrected chi connectivity index (χ2v) is 13.6. The zero-order chi connectivity index (χ0) is 40.8. The SMILES string of the molecule is COc1cc(C)cc(/C(=C/C#N)c2cc3cc(-c4cnn(C)c4)cnc3cn2)c1.[C-]#[N+]/C=C(\c1cc(C)cc(OC)c1)c1cc2cc(-c3cnn(C)c3)cnc2cn1. The second kappa shape index (κ2) is 16.8. The van der Waals surface area contributed by atoms with Gasteiger partial charge in [-0.25, -0.2) is 4.85 Å². The molecule has 0 spiro atoms. The Bertz CT molecular complexity index is 2760. The summed E-state index contributed by atoms with van der Waals surface area (Å²) in [7, 11) is 7.04. The first kappa shape index (κ1) is 38.3. The summed E-state index contributed by atoms with van der Waals surface area (Å²) in [6.45, 7) is 11.4. The molecule has 0 bridgehead atoms. The summed E-state index contributed by atoms with van der Waals surface area (Å²) >= 11 is 0. The third kappa shape index (κ3) is 8.47. The highest BCUT2D eigenvalue weighted by Gasteiger charge is 2.13. The van der Waals surface area contributed by atoms with Crippen LogP contribution in [0.5, 0.6) is 11.5 Å². The summed E-state index contributed by atoms with van der Waals surface area (Å²) in [5.74, 6) is 1.49. The van der Waals surface area contributed by atoms with Crippen LogP contribution >= 0.6 is 0 Å². The van der Waals surface area contributed by atoms with E-state index in [9.17, 15) is 5.26 Å². The number of pyridine rings is 4. The lowest BCUT2D eigenvalue weighted by Gasteiger charge is -2.11. The Balaban J connectivity index is 0.000000177. The molecule has 58 heavy (non-hydrogen) atoms. The first-order chi connectivity index (χ1) is 28.1. The zero-order valence-electron chi connectivity index (χ0n) is 32.8. The minimum absolute atomic E-state index is 0.705. The van der Waals surface area contributed by atoms with E-state index in [1.54, 1.807) is 36.0 Å². The van der Waals surface area contributed by atoms with E-state index in [1.807, 2.05) is 114 Å². The molecule has 0 aliphatic heterocycles. The number of nitriles is 1. The fourth-order valence-electron chi connectivity index (χ4n) is 6.58. The molecule has 2 aromatic carbocycles. The van der Waals surface area contributed by atoms with Crippen LogP contribution in [0.2, 0.25) is 0 Å². The number of rotatable bonds is 8. The lowest BCUT2D eigenvalue weighted by molar-refractivity contribution is 0.414. The summed E-state index contributed by atoms with van der Waals surface area (Å²) in [6, 6.07) is 22.0. The number of benzene rings is 2. The number of aryl methyl sites for hydroxylation is 4.